The number of hydrogen-bond donors (Lipinski definition) is 0. The van der Waals surface area contributed by atoms with Crippen molar-refractivity contribution in [3.05, 3.63) is 84.0 Å². The fraction of sp³-hybridized carbons (Fsp3) is 0.200. The van der Waals surface area contributed by atoms with Crippen LogP contribution in [0.5, 0.6) is 0 Å². The summed E-state index contributed by atoms with van der Waals surface area (Å²) in [5.74, 6) is 0. The zero-order valence-electron chi connectivity index (χ0n) is 13.9. The monoisotopic (exact) mass is 339 g/mol. The molecule has 0 N–H and O–H groups in total. The Balaban J connectivity index is 2.07. The predicted molar refractivity (Wildman–Crippen MR) is 98.0 cm³/mol. The van der Waals surface area contributed by atoms with Gasteiger partial charge in [-0.1, -0.05) is 59.7 Å². The molecule has 1 aliphatic rings. The van der Waals surface area contributed by atoms with Crippen molar-refractivity contribution in [1.29, 1.82) is 0 Å². The lowest BCUT2D eigenvalue weighted by Gasteiger charge is -2.27. The molecule has 2 aromatic carbocycles. The number of aryl methyl sites for hydroxylation is 2. The van der Waals surface area contributed by atoms with Crippen molar-refractivity contribution in [1.82, 2.24) is 4.31 Å². The van der Waals surface area contributed by atoms with E-state index >= 15 is 0 Å². The minimum Gasteiger partial charge on any atom is -0.259 e. The number of rotatable bonds is 4. The zero-order chi connectivity index (χ0) is 17.3. The van der Waals surface area contributed by atoms with Crippen molar-refractivity contribution in [2.45, 2.75) is 31.2 Å². The van der Waals surface area contributed by atoms with Crippen LogP contribution < -0.4 is 0 Å². The van der Waals surface area contributed by atoms with Crippen LogP contribution in [0.15, 0.2) is 72.2 Å². The smallest absolute Gasteiger partial charge is 0.259 e. The normalized spacial score (nSPS) is 17.7. The molecular formula is C20H21NO2S. The van der Waals surface area contributed by atoms with E-state index in [2.05, 4.69) is 6.58 Å². The van der Waals surface area contributed by atoms with Gasteiger partial charge in [-0.2, -0.15) is 0 Å². The van der Waals surface area contributed by atoms with Gasteiger partial charge in [0.2, 0.25) is 0 Å². The molecule has 124 valence electrons. The molecule has 0 bridgehead atoms. The molecule has 4 heteroatoms. The second-order valence-electron chi connectivity index (χ2n) is 6.11. The lowest BCUT2D eigenvalue weighted by atomic mass is 10.1. The molecule has 2 aromatic rings. The van der Waals surface area contributed by atoms with Crippen molar-refractivity contribution in [2.24, 2.45) is 0 Å². The molecule has 0 saturated carbocycles. The highest BCUT2D eigenvalue weighted by Gasteiger charge is 2.35. The third-order valence-corrected chi connectivity index (χ3v) is 6.14. The quantitative estimate of drug-likeness (QED) is 0.779. The highest BCUT2D eigenvalue weighted by molar-refractivity contribution is 7.89. The lowest BCUT2D eigenvalue weighted by molar-refractivity contribution is 0.483. The largest absolute Gasteiger partial charge is 0.264 e. The highest BCUT2D eigenvalue weighted by Crippen LogP contribution is 2.36. The van der Waals surface area contributed by atoms with Crippen LogP contribution in [0.2, 0.25) is 0 Å². The van der Waals surface area contributed by atoms with Crippen LogP contribution in [0.3, 0.4) is 0 Å². The zero-order valence-corrected chi connectivity index (χ0v) is 14.8. The molecule has 1 heterocycles. The van der Waals surface area contributed by atoms with Crippen LogP contribution in [0, 0.1) is 13.8 Å². The number of hydrogen-bond acceptors (Lipinski definition) is 2. The number of nitrogens with zero attached hydrogens (tertiary/aromatic N) is 1. The Morgan fingerprint density at radius 2 is 1.54 bits per heavy atom. The molecule has 0 aliphatic carbocycles. The third kappa shape index (κ3) is 2.89. The summed E-state index contributed by atoms with van der Waals surface area (Å²) in [6.07, 6.45) is 4.31. The Kier molecular flexibility index (Phi) is 4.33. The van der Waals surface area contributed by atoms with Gasteiger partial charge in [0.05, 0.1) is 16.6 Å². The summed E-state index contributed by atoms with van der Waals surface area (Å²) >= 11 is 0. The van der Waals surface area contributed by atoms with Crippen LogP contribution in [-0.2, 0) is 10.0 Å². The maximum atomic E-state index is 13.2. The average Bonchev–Trinajstić information content (AvgIpc) is 3.01. The molecule has 1 aliphatic heterocycles. The first-order valence-electron chi connectivity index (χ1n) is 7.94. The van der Waals surface area contributed by atoms with Gasteiger partial charge in [-0.25, -0.2) is 8.42 Å². The van der Waals surface area contributed by atoms with Crippen LogP contribution in [0.4, 0.5) is 0 Å². The molecule has 0 fully saturated rings. The van der Waals surface area contributed by atoms with Gasteiger partial charge in [-0.05, 0) is 38.0 Å². The summed E-state index contributed by atoms with van der Waals surface area (Å²) in [5, 5.41) is 0. The summed E-state index contributed by atoms with van der Waals surface area (Å²) < 4.78 is 27.9. The van der Waals surface area contributed by atoms with E-state index in [0.717, 1.165) is 22.4 Å². The van der Waals surface area contributed by atoms with E-state index < -0.39 is 10.0 Å². The first-order valence-corrected chi connectivity index (χ1v) is 9.38. The van der Waals surface area contributed by atoms with E-state index in [1.807, 2.05) is 56.3 Å². The standard InChI is InChI=1S/C20H21NO2S/c1-4-18-11-14-20(17-9-5-15(2)6-10-17)21(18)24(22,23)19-12-7-16(3)8-13-19/h4-10,12-14,18H,1,11H2,2-3H3. The molecule has 1 unspecified atom stereocenters. The van der Waals surface area contributed by atoms with Crippen molar-refractivity contribution in [3.63, 3.8) is 0 Å². The minimum absolute atomic E-state index is 0.257. The fourth-order valence-electron chi connectivity index (χ4n) is 2.89. The lowest BCUT2D eigenvalue weighted by Crippen LogP contribution is -2.34. The fourth-order valence-corrected chi connectivity index (χ4v) is 4.56. The summed E-state index contributed by atoms with van der Waals surface area (Å²) in [6, 6.07) is 14.6. The van der Waals surface area contributed by atoms with Gasteiger partial charge in [0, 0.05) is 0 Å². The van der Waals surface area contributed by atoms with E-state index in [4.69, 9.17) is 0 Å². The summed E-state index contributed by atoms with van der Waals surface area (Å²) in [7, 11) is -3.63. The van der Waals surface area contributed by atoms with Crippen molar-refractivity contribution >= 4 is 15.7 Å². The van der Waals surface area contributed by atoms with Gasteiger partial charge in [0.25, 0.3) is 10.0 Å². The van der Waals surface area contributed by atoms with E-state index in [0.29, 0.717) is 11.3 Å². The van der Waals surface area contributed by atoms with Gasteiger partial charge < -0.3 is 0 Å². The van der Waals surface area contributed by atoms with Crippen molar-refractivity contribution in [2.75, 3.05) is 0 Å². The van der Waals surface area contributed by atoms with Gasteiger partial charge in [0.15, 0.2) is 0 Å². The summed E-state index contributed by atoms with van der Waals surface area (Å²) in [4.78, 5) is 0.305. The van der Waals surface area contributed by atoms with Crippen LogP contribution in [0.1, 0.15) is 23.1 Å². The van der Waals surface area contributed by atoms with Gasteiger partial charge >= 0.3 is 0 Å². The van der Waals surface area contributed by atoms with Gasteiger partial charge in [-0.3, -0.25) is 4.31 Å². The Morgan fingerprint density at radius 1 is 1.00 bits per heavy atom. The second kappa shape index (κ2) is 6.29. The predicted octanol–water partition coefficient (Wildman–Crippen LogP) is 4.29. The van der Waals surface area contributed by atoms with E-state index in [1.54, 1.807) is 18.2 Å². The number of sulfonamides is 1. The molecule has 0 radical (unpaired) electrons. The molecule has 3 rings (SSSR count). The van der Waals surface area contributed by atoms with Crippen molar-refractivity contribution < 1.29 is 8.42 Å². The summed E-state index contributed by atoms with van der Waals surface area (Å²) in [6.45, 7) is 7.77. The minimum atomic E-state index is -3.63. The number of benzene rings is 2. The maximum absolute atomic E-state index is 13.2. The summed E-state index contributed by atoms with van der Waals surface area (Å²) in [5.41, 5.74) is 3.80. The molecule has 0 amide bonds. The van der Waals surface area contributed by atoms with Crippen LogP contribution in [0.25, 0.3) is 5.70 Å². The Morgan fingerprint density at radius 3 is 2.08 bits per heavy atom. The molecule has 0 spiro atoms. The van der Waals surface area contributed by atoms with E-state index in [1.165, 1.54) is 4.31 Å². The second-order valence-corrected chi connectivity index (χ2v) is 7.92. The Hall–Kier alpha value is -2.33. The Bertz CT molecular complexity index is 878. The molecule has 3 nitrogen and oxygen atoms in total. The molecule has 0 saturated heterocycles. The first kappa shape index (κ1) is 16.5. The van der Waals surface area contributed by atoms with E-state index in [-0.39, 0.29) is 6.04 Å². The maximum Gasteiger partial charge on any atom is 0.264 e. The SMILES string of the molecule is C=CC1CC=C(c2ccc(C)cc2)N1S(=O)(=O)c1ccc(C)cc1. The van der Waals surface area contributed by atoms with E-state index in [9.17, 15) is 8.42 Å². The topological polar surface area (TPSA) is 37.4 Å². The molecular weight excluding hydrogens is 318 g/mol. The molecule has 24 heavy (non-hydrogen) atoms. The van der Waals surface area contributed by atoms with Gasteiger partial charge in [-0.15, -0.1) is 6.58 Å². The molecule has 1 atom stereocenters. The van der Waals surface area contributed by atoms with Crippen molar-refractivity contribution in [3.8, 4) is 0 Å². The average molecular weight is 339 g/mol. The third-order valence-electron chi connectivity index (χ3n) is 4.29. The highest BCUT2D eigenvalue weighted by atomic mass is 32.2. The molecule has 0 aromatic heterocycles. The Labute approximate surface area is 144 Å². The van der Waals surface area contributed by atoms with Gasteiger partial charge in [0.1, 0.15) is 0 Å². The first-order chi connectivity index (χ1) is 11.4. The van der Waals surface area contributed by atoms with Crippen LogP contribution >= 0.6 is 0 Å². The van der Waals surface area contributed by atoms with Crippen LogP contribution in [-0.4, -0.2) is 18.8 Å².